The third-order valence-corrected chi connectivity index (χ3v) is 2.42. The number of terminal acetylenes is 1. The largest absolute Gasteiger partial charge is 0.310 e. The third kappa shape index (κ3) is 4.18. The molecular weight excluding hydrogens is 186 g/mol. The van der Waals surface area contributed by atoms with E-state index in [4.69, 9.17) is 6.42 Å². The molecule has 82 valence electrons. The van der Waals surface area contributed by atoms with Crippen molar-refractivity contribution in [3.05, 3.63) is 18.0 Å². The van der Waals surface area contributed by atoms with Crippen LogP contribution in [0, 0.1) is 12.3 Å². The molecule has 1 rings (SSSR count). The van der Waals surface area contributed by atoms with E-state index in [0.717, 1.165) is 25.8 Å². The van der Waals surface area contributed by atoms with Crippen molar-refractivity contribution >= 4 is 0 Å². The van der Waals surface area contributed by atoms with Crippen molar-refractivity contribution in [1.82, 2.24) is 15.1 Å². The lowest BCUT2D eigenvalue weighted by atomic mass is 10.2. The predicted molar refractivity (Wildman–Crippen MR) is 62.3 cm³/mol. The van der Waals surface area contributed by atoms with E-state index in [9.17, 15) is 0 Å². The highest BCUT2D eigenvalue weighted by Gasteiger charge is 2.05. The molecule has 0 aliphatic rings. The summed E-state index contributed by atoms with van der Waals surface area (Å²) in [4.78, 5) is 0. The van der Waals surface area contributed by atoms with E-state index in [2.05, 4.69) is 23.3 Å². The zero-order valence-corrected chi connectivity index (χ0v) is 9.53. The van der Waals surface area contributed by atoms with Gasteiger partial charge >= 0.3 is 0 Å². The van der Waals surface area contributed by atoms with Crippen LogP contribution < -0.4 is 5.32 Å². The quantitative estimate of drug-likeness (QED) is 0.567. The number of unbranched alkanes of at least 4 members (excludes halogenated alkanes) is 2. The van der Waals surface area contributed by atoms with Crippen LogP contribution in [-0.4, -0.2) is 16.3 Å². The fourth-order valence-electron chi connectivity index (χ4n) is 1.45. The van der Waals surface area contributed by atoms with Gasteiger partial charge < -0.3 is 5.32 Å². The van der Waals surface area contributed by atoms with E-state index < -0.39 is 0 Å². The molecule has 1 atom stereocenters. The highest BCUT2D eigenvalue weighted by Crippen LogP contribution is 2.10. The van der Waals surface area contributed by atoms with Gasteiger partial charge in [0.05, 0.1) is 6.20 Å². The molecule has 0 bridgehead atoms. The molecule has 15 heavy (non-hydrogen) atoms. The summed E-state index contributed by atoms with van der Waals surface area (Å²) in [6.45, 7) is 3.16. The molecule has 0 amide bonds. The fourth-order valence-corrected chi connectivity index (χ4v) is 1.45. The van der Waals surface area contributed by atoms with E-state index in [0.29, 0.717) is 6.04 Å². The van der Waals surface area contributed by atoms with Crippen molar-refractivity contribution in [3.8, 4) is 12.3 Å². The first-order valence-electron chi connectivity index (χ1n) is 5.39. The highest BCUT2D eigenvalue weighted by molar-refractivity contribution is 5.08. The SMILES string of the molecule is C#CCCCCNC(C)c1cnn(C)c1. The van der Waals surface area contributed by atoms with Gasteiger partial charge in [-0.1, -0.05) is 0 Å². The monoisotopic (exact) mass is 205 g/mol. The van der Waals surface area contributed by atoms with Gasteiger partial charge in [0.2, 0.25) is 0 Å². The molecule has 0 radical (unpaired) electrons. The van der Waals surface area contributed by atoms with Crippen molar-refractivity contribution in [2.24, 2.45) is 7.05 Å². The van der Waals surface area contributed by atoms with Crippen LogP contribution in [0.5, 0.6) is 0 Å². The minimum atomic E-state index is 0.365. The molecule has 0 aromatic carbocycles. The summed E-state index contributed by atoms with van der Waals surface area (Å²) in [5.74, 6) is 2.65. The Morgan fingerprint density at radius 3 is 3.00 bits per heavy atom. The van der Waals surface area contributed by atoms with Gasteiger partial charge in [-0.05, 0) is 26.3 Å². The topological polar surface area (TPSA) is 29.9 Å². The van der Waals surface area contributed by atoms with Crippen LogP contribution in [0.1, 0.15) is 37.8 Å². The van der Waals surface area contributed by atoms with Gasteiger partial charge in [0.15, 0.2) is 0 Å². The number of rotatable bonds is 6. The Morgan fingerprint density at radius 2 is 2.40 bits per heavy atom. The van der Waals surface area contributed by atoms with Crippen molar-refractivity contribution in [2.45, 2.75) is 32.2 Å². The van der Waals surface area contributed by atoms with Gasteiger partial charge in [-0.15, -0.1) is 12.3 Å². The Balaban J connectivity index is 2.19. The molecule has 0 saturated heterocycles. The van der Waals surface area contributed by atoms with E-state index in [-0.39, 0.29) is 0 Å². The molecule has 0 fully saturated rings. The van der Waals surface area contributed by atoms with Gasteiger partial charge in [-0.25, -0.2) is 0 Å². The molecule has 0 saturated carbocycles. The average Bonchev–Trinajstić information content (AvgIpc) is 2.64. The second-order valence-electron chi connectivity index (χ2n) is 3.78. The van der Waals surface area contributed by atoms with Crippen LogP contribution >= 0.6 is 0 Å². The minimum absolute atomic E-state index is 0.365. The van der Waals surface area contributed by atoms with Crippen LogP contribution in [0.25, 0.3) is 0 Å². The van der Waals surface area contributed by atoms with Gasteiger partial charge in [-0.2, -0.15) is 5.10 Å². The Kier molecular flexibility index (Phi) is 4.92. The zero-order chi connectivity index (χ0) is 11.1. The summed E-state index contributed by atoms with van der Waals surface area (Å²) < 4.78 is 1.83. The number of aryl methyl sites for hydroxylation is 1. The van der Waals surface area contributed by atoms with E-state index >= 15 is 0 Å². The number of hydrogen-bond donors (Lipinski definition) is 1. The summed E-state index contributed by atoms with van der Waals surface area (Å²) in [6, 6.07) is 0.365. The Bertz CT molecular complexity index is 322. The first kappa shape index (κ1) is 11.8. The first-order chi connectivity index (χ1) is 7.24. The van der Waals surface area contributed by atoms with Crippen molar-refractivity contribution in [3.63, 3.8) is 0 Å². The predicted octanol–water partition coefficient (Wildman–Crippen LogP) is 1.87. The van der Waals surface area contributed by atoms with E-state index in [1.807, 2.05) is 24.1 Å². The lowest BCUT2D eigenvalue weighted by Gasteiger charge is -2.11. The van der Waals surface area contributed by atoms with E-state index in [1.54, 1.807) is 0 Å². The van der Waals surface area contributed by atoms with Crippen LogP contribution in [0.15, 0.2) is 12.4 Å². The standard InChI is InChI=1S/C12H19N3/c1-4-5-6-7-8-13-11(2)12-9-14-15(3)10-12/h1,9-11,13H,5-8H2,2-3H3. The molecule has 0 aliphatic heterocycles. The minimum Gasteiger partial charge on any atom is -0.310 e. The number of nitrogens with one attached hydrogen (secondary N) is 1. The summed E-state index contributed by atoms with van der Waals surface area (Å²) >= 11 is 0. The lowest BCUT2D eigenvalue weighted by molar-refractivity contribution is 0.549. The summed E-state index contributed by atoms with van der Waals surface area (Å²) in [7, 11) is 1.93. The Hall–Kier alpha value is -1.27. The molecule has 1 unspecified atom stereocenters. The number of aromatic nitrogens is 2. The molecule has 1 aromatic rings. The summed E-state index contributed by atoms with van der Waals surface area (Å²) in [5, 5.41) is 7.59. The van der Waals surface area contributed by atoms with Crippen molar-refractivity contribution in [2.75, 3.05) is 6.54 Å². The molecule has 0 spiro atoms. The van der Waals surface area contributed by atoms with Gasteiger partial charge in [-0.3, -0.25) is 4.68 Å². The molecule has 3 heteroatoms. The average molecular weight is 205 g/mol. The van der Waals surface area contributed by atoms with Gasteiger partial charge in [0, 0.05) is 31.3 Å². The lowest BCUT2D eigenvalue weighted by Crippen LogP contribution is -2.19. The molecular formula is C12H19N3. The third-order valence-electron chi connectivity index (χ3n) is 2.42. The Morgan fingerprint density at radius 1 is 1.60 bits per heavy atom. The fraction of sp³-hybridized carbons (Fsp3) is 0.583. The van der Waals surface area contributed by atoms with Crippen molar-refractivity contribution < 1.29 is 0 Å². The van der Waals surface area contributed by atoms with Gasteiger partial charge in [0.25, 0.3) is 0 Å². The maximum Gasteiger partial charge on any atom is 0.0537 e. The molecule has 0 aliphatic carbocycles. The van der Waals surface area contributed by atoms with Crippen LogP contribution in [0.3, 0.4) is 0 Å². The normalized spacial score (nSPS) is 12.3. The number of nitrogens with zero attached hydrogens (tertiary/aromatic N) is 2. The van der Waals surface area contributed by atoms with Crippen LogP contribution in [0.4, 0.5) is 0 Å². The maximum absolute atomic E-state index is 5.18. The zero-order valence-electron chi connectivity index (χ0n) is 9.53. The van der Waals surface area contributed by atoms with Crippen LogP contribution in [0.2, 0.25) is 0 Å². The smallest absolute Gasteiger partial charge is 0.0537 e. The maximum atomic E-state index is 5.18. The highest BCUT2D eigenvalue weighted by atomic mass is 15.2. The molecule has 1 N–H and O–H groups in total. The second-order valence-corrected chi connectivity index (χ2v) is 3.78. The van der Waals surface area contributed by atoms with E-state index in [1.165, 1.54) is 5.56 Å². The first-order valence-corrected chi connectivity index (χ1v) is 5.39. The number of hydrogen-bond acceptors (Lipinski definition) is 2. The molecule has 1 aromatic heterocycles. The molecule has 3 nitrogen and oxygen atoms in total. The van der Waals surface area contributed by atoms with Gasteiger partial charge in [0.1, 0.15) is 0 Å². The second kappa shape index (κ2) is 6.26. The summed E-state index contributed by atoms with van der Waals surface area (Å²) in [6.07, 6.45) is 12.2. The Labute approximate surface area is 91.9 Å². The summed E-state index contributed by atoms with van der Waals surface area (Å²) in [5.41, 5.74) is 1.23. The molecule has 1 heterocycles. The van der Waals surface area contributed by atoms with Crippen LogP contribution in [-0.2, 0) is 7.05 Å². The van der Waals surface area contributed by atoms with Crippen molar-refractivity contribution in [1.29, 1.82) is 0 Å².